The molecule has 0 saturated carbocycles. The molecule has 128 valence electrons. The third kappa shape index (κ3) is 3.19. The van der Waals surface area contributed by atoms with Crippen LogP contribution in [-0.2, 0) is 6.54 Å². The lowest BCUT2D eigenvalue weighted by Crippen LogP contribution is -2.26. The molecule has 1 heterocycles. The summed E-state index contributed by atoms with van der Waals surface area (Å²) in [5, 5.41) is 10.4. The fourth-order valence-corrected chi connectivity index (χ4v) is 2.95. The first-order chi connectivity index (χ1) is 12.7. The Balaban J connectivity index is 1.51. The molecule has 0 aliphatic carbocycles. The first-order valence-corrected chi connectivity index (χ1v) is 8.41. The first kappa shape index (κ1) is 16.0. The molecule has 4 rings (SSSR count). The van der Waals surface area contributed by atoms with Gasteiger partial charge in [-0.3, -0.25) is 4.79 Å². The normalized spacial score (nSPS) is 10.8. The van der Waals surface area contributed by atoms with E-state index in [1.54, 1.807) is 22.8 Å². The van der Waals surface area contributed by atoms with E-state index in [0.717, 1.165) is 11.3 Å². The topological polar surface area (TPSA) is 51.0 Å². The maximum atomic E-state index is 12.7. The predicted octanol–water partition coefficient (Wildman–Crippen LogP) is 3.69. The van der Waals surface area contributed by atoms with Crippen molar-refractivity contribution in [1.29, 1.82) is 0 Å². The molecule has 0 aliphatic heterocycles. The molecule has 0 bridgehead atoms. The molecule has 0 fully saturated rings. The molecule has 0 aliphatic rings. The molecular formula is C21H18N4O. The second kappa shape index (κ2) is 6.80. The highest BCUT2D eigenvalue weighted by atomic mass is 16.2. The van der Waals surface area contributed by atoms with E-state index in [9.17, 15) is 4.79 Å². The molecule has 0 N–H and O–H groups in total. The zero-order chi connectivity index (χ0) is 17.9. The minimum atomic E-state index is -0.152. The summed E-state index contributed by atoms with van der Waals surface area (Å²) >= 11 is 0. The van der Waals surface area contributed by atoms with Crippen LogP contribution in [0.1, 0.15) is 16.1 Å². The number of hydrogen-bond acceptors (Lipinski definition) is 3. The van der Waals surface area contributed by atoms with Gasteiger partial charge in [0.1, 0.15) is 0 Å². The number of rotatable bonds is 4. The standard InChI is InChI=1S/C21H18N4O/c1-24(14-16-11-12-17-7-5-6-8-18(17)13-16)21(26)20-15-25(23-22-20)19-9-3-2-4-10-19/h2-13,15H,14H2,1H3. The molecule has 0 radical (unpaired) electrons. The molecule has 5 heteroatoms. The lowest BCUT2D eigenvalue weighted by Gasteiger charge is -2.16. The first-order valence-electron chi connectivity index (χ1n) is 8.41. The van der Waals surface area contributed by atoms with E-state index in [2.05, 4.69) is 34.6 Å². The van der Waals surface area contributed by atoms with Crippen LogP contribution in [0.25, 0.3) is 16.5 Å². The van der Waals surface area contributed by atoms with Gasteiger partial charge in [-0.05, 0) is 34.5 Å². The molecule has 4 aromatic rings. The van der Waals surface area contributed by atoms with Gasteiger partial charge in [0, 0.05) is 13.6 Å². The van der Waals surface area contributed by atoms with E-state index in [1.807, 2.05) is 48.5 Å². The van der Waals surface area contributed by atoms with Gasteiger partial charge in [-0.1, -0.05) is 59.8 Å². The predicted molar refractivity (Wildman–Crippen MR) is 101 cm³/mol. The Hall–Kier alpha value is -3.47. The smallest absolute Gasteiger partial charge is 0.276 e. The van der Waals surface area contributed by atoms with Crippen LogP contribution < -0.4 is 0 Å². The van der Waals surface area contributed by atoms with Crippen LogP contribution in [0.4, 0.5) is 0 Å². The van der Waals surface area contributed by atoms with Gasteiger partial charge in [0.2, 0.25) is 0 Å². The van der Waals surface area contributed by atoms with Gasteiger partial charge >= 0.3 is 0 Å². The van der Waals surface area contributed by atoms with Crippen LogP contribution in [0.3, 0.4) is 0 Å². The lowest BCUT2D eigenvalue weighted by atomic mass is 10.1. The monoisotopic (exact) mass is 342 g/mol. The van der Waals surface area contributed by atoms with Gasteiger partial charge in [0.15, 0.2) is 5.69 Å². The molecule has 1 amide bonds. The third-order valence-electron chi connectivity index (χ3n) is 4.31. The van der Waals surface area contributed by atoms with Crippen molar-refractivity contribution in [2.75, 3.05) is 7.05 Å². The Morgan fingerprint density at radius 3 is 2.50 bits per heavy atom. The van der Waals surface area contributed by atoms with Crippen LogP contribution in [0.2, 0.25) is 0 Å². The molecule has 0 saturated heterocycles. The number of carbonyl (C=O) groups excluding carboxylic acids is 1. The SMILES string of the molecule is CN(Cc1ccc2ccccc2c1)C(=O)c1cn(-c2ccccc2)nn1. The molecular weight excluding hydrogens is 324 g/mol. The molecule has 1 aromatic heterocycles. The van der Waals surface area contributed by atoms with E-state index in [4.69, 9.17) is 0 Å². The molecule has 0 atom stereocenters. The largest absolute Gasteiger partial charge is 0.336 e. The van der Waals surface area contributed by atoms with Gasteiger partial charge in [-0.15, -0.1) is 5.10 Å². The van der Waals surface area contributed by atoms with E-state index < -0.39 is 0 Å². The summed E-state index contributed by atoms with van der Waals surface area (Å²) in [6.45, 7) is 0.516. The van der Waals surface area contributed by atoms with Crippen molar-refractivity contribution in [3.8, 4) is 5.69 Å². The van der Waals surface area contributed by atoms with Crippen molar-refractivity contribution in [2.24, 2.45) is 0 Å². The number of aromatic nitrogens is 3. The van der Waals surface area contributed by atoms with Crippen LogP contribution >= 0.6 is 0 Å². The number of hydrogen-bond donors (Lipinski definition) is 0. The number of carbonyl (C=O) groups is 1. The number of nitrogens with zero attached hydrogens (tertiary/aromatic N) is 4. The van der Waals surface area contributed by atoms with Crippen molar-refractivity contribution < 1.29 is 4.79 Å². The van der Waals surface area contributed by atoms with Gasteiger partial charge in [0.05, 0.1) is 11.9 Å². The average molecular weight is 342 g/mol. The fraction of sp³-hybridized carbons (Fsp3) is 0.0952. The molecule has 0 spiro atoms. The fourth-order valence-electron chi connectivity index (χ4n) is 2.95. The van der Waals surface area contributed by atoms with Crippen LogP contribution in [0, 0.1) is 0 Å². The summed E-state index contributed by atoms with van der Waals surface area (Å²) in [6.07, 6.45) is 1.66. The van der Waals surface area contributed by atoms with E-state index in [-0.39, 0.29) is 5.91 Å². The zero-order valence-electron chi connectivity index (χ0n) is 14.4. The zero-order valence-corrected chi connectivity index (χ0v) is 14.4. The van der Waals surface area contributed by atoms with Crippen molar-refractivity contribution in [2.45, 2.75) is 6.54 Å². The summed E-state index contributed by atoms with van der Waals surface area (Å²) in [5.74, 6) is -0.152. The maximum absolute atomic E-state index is 12.7. The molecule has 3 aromatic carbocycles. The second-order valence-electron chi connectivity index (χ2n) is 6.23. The Morgan fingerprint density at radius 2 is 1.69 bits per heavy atom. The minimum Gasteiger partial charge on any atom is -0.336 e. The van der Waals surface area contributed by atoms with Gasteiger partial charge < -0.3 is 4.90 Å². The number of para-hydroxylation sites is 1. The Labute approximate surface area is 151 Å². The highest BCUT2D eigenvalue weighted by molar-refractivity contribution is 5.92. The molecule has 5 nitrogen and oxygen atoms in total. The number of amides is 1. The lowest BCUT2D eigenvalue weighted by molar-refractivity contribution is 0.0779. The summed E-state index contributed by atoms with van der Waals surface area (Å²) in [5.41, 5.74) is 2.28. The maximum Gasteiger partial charge on any atom is 0.276 e. The van der Waals surface area contributed by atoms with Crippen LogP contribution in [0.15, 0.2) is 79.0 Å². The third-order valence-corrected chi connectivity index (χ3v) is 4.31. The second-order valence-corrected chi connectivity index (χ2v) is 6.23. The van der Waals surface area contributed by atoms with Gasteiger partial charge in [0.25, 0.3) is 5.91 Å². The highest BCUT2D eigenvalue weighted by Gasteiger charge is 2.16. The Bertz CT molecular complexity index is 1060. The quantitative estimate of drug-likeness (QED) is 0.568. The van der Waals surface area contributed by atoms with Crippen molar-refractivity contribution in [3.63, 3.8) is 0 Å². The number of fused-ring (bicyclic) bond motifs is 1. The molecule has 0 unspecified atom stereocenters. The summed E-state index contributed by atoms with van der Waals surface area (Å²) in [7, 11) is 1.78. The summed E-state index contributed by atoms with van der Waals surface area (Å²) < 4.78 is 1.61. The number of benzene rings is 3. The van der Waals surface area contributed by atoms with Gasteiger partial charge in [-0.25, -0.2) is 4.68 Å². The van der Waals surface area contributed by atoms with E-state index >= 15 is 0 Å². The van der Waals surface area contributed by atoms with E-state index in [1.165, 1.54) is 10.8 Å². The summed E-state index contributed by atoms with van der Waals surface area (Å²) in [4.78, 5) is 14.3. The Kier molecular flexibility index (Phi) is 4.19. The highest BCUT2D eigenvalue weighted by Crippen LogP contribution is 2.17. The van der Waals surface area contributed by atoms with Crippen molar-refractivity contribution >= 4 is 16.7 Å². The van der Waals surface area contributed by atoms with Crippen molar-refractivity contribution in [3.05, 3.63) is 90.3 Å². The minimum absolute atomic E-state index is 0.152. The van der Waals surface area contributed by atoms with Crippen molar-refractivity contribution in [1.82, 2.24) is 19.9 Å². The van der Waals surface area contributed by atoms with Crippen LogP contribution in [-0.4, -0.2) is 32.8 Å². The van der Waals surface area contributed by atoms with Crippen LogP contribution in [0.5, 0.6) is 0 Å². The Morgan fingerprint density at radius 1 is 0.962 bits per heavy atom. The molecule has 26 heavy (non-hydrogen) atoms. The van der Waals surface area contributed by atoms with E-state index in [0.29, 0.717) is 12.2 Å². The summed E-state index contributed by atoms with van der Waals surface area (Å²) in [6, 6.07) is 24.0. The van der Waals surface area contributed by atoms with Gasteiger partial charge in [-0.2, -0.15) is 0 Å². The average Bonchev–Trinajstić information content (AvgIpc) is 3.18.